The molecule has 68 valence electrons. The van der Waals surface area contributed by atoms with Gasteiger partial charge in [-0.1, -0.05) is 19.8 Å². The summed E-state index contributed by atoms with van der Waals surface area (Å²) in [6, 6.07) is 1.92. The van der Waals surface area contributed by atoms with Gasteiger partial charge in [-0.15, -0.1) is 11.3 Å². The summed E-state index contributed by atoms with van der Waals surface area (Å²) < 4.78 is 0. The summed E-state index contributed by atoms with van der Waals surface area (Å²) in [7, 11) is 0. The van der Waals surface area contributed by atoms with Crippen LogP contribution in [0.3, 0.4) is 0 Å². The number of hydrogen-bond acceptors (Lipinski definition) is 3. The first-order chi connectivity index (χ1) is 5.88. The minimum absolute atomic E-state index is 0.844. The molecule has 0 aromatic carbocycles. The molecule has 0 unspecified atom stereocenters. The van der Waals surface area contributed by atoms with Gasteiger partial charge < -0.3 is 4.84 Å². The molecule has 0 spiro atoms. The Bertz CT molecular complexity index is 222. The fraction of sp³-hybridized carbons (Fsp3) is 0.556. The van der Waals surface area contributed by atoms with Crippen LogP contribution in [0.2, 0.25) is 0 Å². The largest absolute Gasteiger partial charge is 0.410 e. The quantitative estimate of drug-likeness (QED) is 0.565. The molecule has 0 aliphatic rings. The number of hydrogen-bond donors (Lipinski definition) is 1. The van der Waals surface area contributed by atoms with Gasteiger partial charge in [-0.25, -0.2) is 0 Å². The zero-order valence-electron chi connectivity index (χ0n) is 7.38. The fourth-order valence-electron chi connectivity index (χ4n) is 1.15. The zero-order valence-corrected chi connectivity index (χ0v) is 8.19. The first kappa shape index (κ1) is 9.55. The molecule has 2 N–H and O–H groups in total. The molecule has 0 saturated heterocycles. The van der Waals surface area contributed by atoms with Crippen LogP contribution in [0.25, 0.3) is 0 Å². The highest BCUT2D eigenvalue weighted by molar-refractivity contribution is 7.10. The predicted molar refractivity (Wildman–Crippen MR) is 52.4 cm³/mol. The van der Waals surface area contributed by atoms with Crippen molar-refractivity contribution in [2.75, 3.05) is 0 Å². The number of nitrogens with two attached hydrogens (primary N) is 1. The van der Waals surface area contributed by atoms with E-state index in [0.717, 1.165) is 12.2 Å². The van der Waals surface area contributed by atoms with Crippen molar-refractivity contribution in [3.05, 3.63) is 16.3 Å². The molecule has 0 radical (unpaired) electrons. The zero-order chi connectivity index (χ0) is 8.81. The lowest BCUT2D eigenvalue weighted by Crippen LogP contribution is -2.02. The highest BCUT2D eigenvalue weighted by Crippen LogP contribution is 2.25. The maximum atomic E-state index is 5.11. The summed E-state index contributed by atoms with van der Waals surface area (Å²) in [5.41, 5.74) is 0. The van der Waals surface area contributed by atoms with Crippen LogP contribution in [0.1, 0.15) is 31.1 Å². The molecule has 1 aromatic heterocycles. The molecule has 0 atom stereocenters. The summed E-state index contributed by atoms with van der Waals surface area (Å²) in [4.78, 5) is 6.00. The van der Waals surface area contributed by atoms with Crippen molar-refractivity contribution in [2.24, 2.45) is 5.90 Å². The molecular formula is C9H15NOS. The van der Waals surface area contributed by atoms with E-state index in [9.17, 15) is 0 Å². The SMILES string of the molecule is CCCCCc1sccc1ON. The van der Waals surface area contributed by atoms with Crippen LogP contribution in [0.15, 0.2) is 11.4 Å². The van der Waals surface area contributed by atoms with Crippen LogP contribution >= 0.6 is 11.3 Å². The number of aryl methyl sites for hydroxylation is 1. The molecule has 0 fully saturated rings. The van der Waals surface area contributed by atoms with Crippen molar-refractivity contribution < 1.29 is 4.84 Å². The second-order valence-corrected chi connectivity index (χ2v) is 3.78. The molecule has 0 aliphatic heterocycles. The maximum absolute atomic E-state index is 5.11. The average molecular weight is 185 g/mol. The lowest BCUT2D eigenvalue weighted by atomic mass is 10.2. The second kappa shape index (κ2) is 5.17. The van der Waals surface area contributed by atoms with E-state index in [1.165, 1.54) is 24.1 Å². The first-order valence-corrected chi connectivity index (χ1v) is 5.19. The molecular weight excluding hydrogens is 170 g/mol. The minimum atomic E-state index is 0.844. The lowest BCUT2D eigenvalue weighted by molar-refractivity contribution is 0.332. The van der Waals surface area contributed by atoms with Gasteiger partial charge in [0.1, 0.15) is 0 Å². The summed E-state index contributed by atoms with van der Waals surface area (Å²) in [5, 5.41) is 2.02. The van der Waals surface area contributed by atoms with Crippen LogP contribution in [0.5, 0.6) is 5.75 Å². The van der Waals surface area contributed by atoms with Crippen LogP contribution in [-0.2, 0) is 6.42 Å². The monoisotopic (exact) mass is 185 g/mol. The first-order valence-electron chi connectivity index (χ1n) is 4.31. The Morgan fingerprint density at radius 2 is 2.33 bits per heavy atom. The number of unbranched alkanes of at least 4 members (excludes halogenated alkanes) is 2. The lowest BCUT2D eigenvalue weighted by Gasteiger charge is -1.99. The Kier molecular flexibility index (Phi) is 4.11. The van der Waals surface area contributed by atoms with Crippen molar-refractivity contribution in [1.82, 2.24) is 0 Å². The maximum Gasteiger partial charge on any atom is 0.160 e. The van der Waals surface area contributed by atoms with Gasteiger partial charge >= 0.3 is 0 Å². The molecule has 0 amide bonds. The highest BCUT2D eigenvalue weighted by atomic mass is 32.1. The van der Waals surface area contributed by atoms with E-state index >= 15 is 0 Å². The van der Waals surface area contributed by atoms with Crippen LogP contribution in [0.4, 0.5) is 0 Å². The molecule has 0 saturated carbocycles. The molecule has 1 heterocycles. The van der Waals surface area contributed by atoms with E-state index < -0.39 is 0 Å². The van der Waals surface area contributed by atoms with Gasteiger partial charge in [-0.2, -0.15) is 5.90 Å². The van der Waals surface area contributed by atoms with E-state index in [0.29, 0.717) is 0 Å². The van der Waals surface area contributed by atoms with E-state index in [1.54, 1.807) is 11.3 Å². The van der Waals surface area contributed by atoms with Crippen molar-refractivity contribution >= 4 is 11.3 Å². The topological polar surface area (TPSA) is 35.2 Å². The Balaban J connectivity index is 2.39. The third-order valence-electron chi connectivity index (χ3n) is 1.84. The van der Waals surface area contributed by atoms with Crippen molar-refractivity contribution in [1.29, 1.82) is 0 Å². The minimum Gasteiger partial charge on any atom is -0.410 e. The molecule has 1 rings (SSSR count). The second-order valence-electron chi connectivity index (χ2n) is 2.78. The smallest absolute Gasteiger partial charge is 0.160 e. The Labute approximate surface area is 77.3 Å². The van der Waals surface area contributed by atoms with Gasteiger partial charge in [0.15, 0.2) is 5.75 Å². The van der Waals surface area contributed by atoms with Crippen LogP contribution in [-0.4, -0.2) is 0 Å². The average Bonchev–Trinajstić information content (AvgIpc) is 2.52. The molecule has 2 nitrogen and oxygen atoms in total. The third-order valence-corrected chi connectivity index (χ3v) is 2.80. The fourth-order valence-corrected chi connectivity index (χ4v) is 2.00. The number of rotatable bonds is 5. The van der Waals surface area contributed by atoms with Crippen molar-refractivity contribution in [3.63, 3.8) is 0 Å². The van der Waals surface area contributed by atoms with E-state index in [-0.39, 0.29) is 0 Å². The molecule has 0 bridgehead atoms. The summed E-state index contributed by atoms with van der Waals surface area (Å²) >= 11 is 1.72. The standard InChI is InChI=1S/C9H15NOS/c1-2-3-4-5-9-8(11-10)6-7-12-9/h6-7H,2-5,10H2,1H3. The van der Waals surface area contributed by atoms with Gasteiger partial charge in [-0.3, -0.25) is 0 Å². The molecule has 12 heavy (non-hydrogen) atoms. The van der Waals surface area contributed by atoms with E-state index in [4.69, 9.17) is 10.7 Å². The predicted octanol–water partition coefficient (Wildman–Crippen LogP) is 2.73. The van der Waals surface area contributed by atoms with Gasteiger partial charge in [0, 0.05) is 4.88 Å². The molecule has 3 heteroatoms. The Morgan fingerprint density at radius 3 is 3.00 bits per heavy atom. The normalized spacial score (nSPS) is 10.2. The Morgan fingerprint density at radius 1 is 1.50 bits per heavy atom. The molecule has 1 aromatic rings. The Hall–Kier alpha value is -0.540. The summed E-state index contributed by atoms with van der Waals surface area (Å²) in [6.07, 6.45) is 4.86. The van der Waals surface area contributed by atoms with Gasteiger partial charge in [0.25, 0.3) is 0 Å². The highest BCUT2D eigenvalue weighted by Gasteiger charge is 2.03. The summed E-state index contributed by atoms with van der Waals surface area (Å²) in [5.74, 6) is 5.95. The van der Waals surface area contributed by atoms with Gasteiger partial charge in [0.2, 0.25) is 0 Å². The summed E-state index contributed by atoms with van der Waals surface area (Å²) in [6.45, 7) is 2.20. The van der Waals surface area contributed by atoms with E-state index in [1.807, 2.05) is 11.4 Å². The van der Waals surface area contributed by atoms with Gasteiger partial charge in [0.05, 0.1) is 0 Å². The molecule has 0 aliphatic carbocycles. The van der Waals surface area contributed by atoms with Crippen LogP contribution in [0, 0.1) is 0 Å². The third kappa shape index (κ3) is 2.50. The number of thiophene rings is 1. The van der Waals surface area contributed by atoms with E-state index in [2.05, 4.69) is 6.92 Å². The van der Waals surface area contributed by atoms with Crippen LogP contribution < -0.4 is 10.7 Å². The van der Waals surface area contributed by atoms with Gasteiger partial charge in [-0.05, 0) is 24.3 Å². The van der Waals surface area contributed by atoms with Crippen molar-refractivity contribution in [2.45, 2.75) is 32.6 Å². The van der Waals surface area contributed by atoms with Crippen molar-refractivity contribution in [3.8, 4) is 5.75 Å².